The molecule has 0 aromatic carbocycles. The standard InChI is InChI=1S/C13H15NO4S/c1-13(2)17-7-9(12(18-13)11(16)6-15)5-14-10-3-4-19-8-10/h3-6,8,12,14H,7H2,1-2H3. The lowest BCUT2D eigenvalue weighted by molar-refractivity contribution is -0.247. The number of aldehydes is 1. The molecule has 0 bridgehead atoms. The molecule has 5 nitrogen and oxygen atoms in total. The van der Waals surface area contributed by atoms with Gasteiger partial charge in [-0.25, -0.2) is 0 Å². The van der Waals surface area contributed by atoms with Crippen molar-refractivity contribution in [2.75, 3.05) is 11.9 Å². The second-order valence-electron chi connectivity index (χ2n) is 4.58. The molecule has 1 aliphatic heterocycles. The number of ketones is 1. The molecule has 19 heavy (non-hydrogen) atoms. The number of thiophene rings is 1. The Morgan fingerprint density at radius 2 is 2.37 bits per heavy atom. The molecule has 2 heterocycles. The monoisotopic (exact) mass is 281 g/mol. The zero-order valence-electron chi connectivity index (χ0n) is 10.7. The highest BCUT2D eigenvalue weighted by Crippen LogP contribution is 2.26. The lowest BCUT2D eigenvalue weighted by Gasteiger charge is -2.36. The maximum absolute atomic E-state index is 11.6. The molecule has 1 fully saturated rings. The van der Waals surface area contributed by atoms with Crippen molar-refractivity contribution < 1.29 is 19.1 Å². The van der Waals surface area contributed by atoms with Gasteiger partial charge in [-0.15, -0.1) is 0 Å². The van der Waals surface area contributed by atoms with Crippen LogP contribution in [-0.4, -0.2) is 30.6 Å². The average Bonchev–Trinajstić information content (AvgIpc) is 2.88. The summed E-state index contributed by atoms with van der Waals surface area (Å²) in [6, 6.07) is 1.91. The molecule has 102 valence electrons. The number of hydrogen-bond donors (Lipinski definition) is 1. The van der Waals surface area contributed by atoms with Gasteiger partial charge in [0.15, 0.2) is 18.2 Å². The Kier molecular flexibility index (Phi) is 4.14. The van der Waals surface area contributed by atoms with Crippen molar-refractivity contribution in [1.82, 2.24) is 0 Å². The molecule has 0 radical (unpaired) electrons. The van der Waals surface area contributed by atoms with Gasteiger partial charge in [-0.2, -0.15) is 11.3 Å². The van der Waals surface area contributed by atoms with Gasteiger partial charge >= 0.3 is 0 Å². The molecular formula is C13H15NO4S. The first kappa shape index (κ1) is 13.9. The fraction of sp³-hybridized carbons (Fsp3) is 0.385. The molecule has 0 saturated carbocycles. The number of ether oxygens (including phenoxy) is 2. The SMILES string of the molecule is CC1(C)OCC(=CNc2ccsc2)C(C(=O)C=O)O1. The highest BCUT2D eigenvalue weighted by atomic mass is 32.1. The van der Waals surface area contributed by atoms with Crippen LogP contribution in [0.5, 0.6) is 0 Å². The summed E-state index contributed by atoms with van der Waals surface area (Å²) in [5.41, 5.74) is 1.52. The molecule has 1 atom stereocenters. The quantitative estimate of drug-likeness (QED) is 0.675. The van der Waals surface area contributed by atoms with E-state index in [1.54, 1.807) is 31.4 Å². The molecule has 6 heteroatoms. The zero-order chi connectivity index (χ0) is 13.9. The first-order valence-corrected chi connectivity index (χ1v) is 6.74. The van der Waals surface area contributed by atoms with Gasteiger partial charge in [0.2, 0.25) is 5.78 Å². The van der Waals surface area contributed by atoms with E-state index in [1.165, 1.54) is 0 Å². The second kappa shape index (κ2) is 5.64. The van der Waals surface area contributed by atoms with Crippen LogP contribution in [0.3, 0.4) is 0 Å². The van der Waals surface area contributed by atoms with Crippen molar-refractivity contribution in [3.05, 3.63) is 28.6 Å². The first-order chi connectivity index (χ1) is 9.02. The number of nitrogens with one attached hydrogen (secondary N) is 1. The van der Waals surface area contributed by atoms with Gasteiger partial charge < -0.3 is 14.8 Å². The van der Waals surface area contributed by atoms with E-state index in [0.29, 0.717) is 5.57 Å². The summed E-state index contributed by atoms with van der Waals surface area (Å²) < 4.78 is 11.0. The topological polar surface area (TPSA) is 64.6 Å². The molecule has 1 aromatic heterocycles. The predicted molar refractivity (Wildman–Crippen MR) is 72.0 cm³/mol. The third-order valence-electron chi connectivity index (χ3n) is 2.64. The van der Waals surface area contributed by atoms with Gasteiger partial charge in [0.1, 0.15) is 0 Å². The fourth-order valence-electron chi connectivity index (χ4n) is 1.67. The minimum absolute atomic E-state index is 0.244. The van der Waals surface area contributed by atoms with Crippen LogP contribution in [0.25, 0.3) is 0 Å². The van der Waals surface area contributed by atoms with E-state index in [4.69, 9.17) is 9.47 Å². The van der Waals surface area contributed by atoms with Gasteiger partial charge in [0.25, 0.3) is 0 Å². The highest BCUT2D eigenvalue weighted by molar-refractivity contribution is 7.08. The van der Waals surface area contributed by atoms with Crippen LogP contribution >= 0.6 is 11.3 Å². The van der Waals surface area contributed by atoms with Gasteiger partial charge in [0, 0.05) is 22.8 Å². The van der Waals surface area contributed by atoms with Crippen LogP contribution in [0.1, 0.15) is 13.8 Å². The molecule has 1 aromatic rings. The minimum atomic E-state index is -0.882. The van der Waals surface area contributed by atoms with Gasteiger partial charge in [0.05, 0.1) is 6.61 Å². The predicted octanol–water partition coefficient (Wildman–Crippen LogP) is 1.96. The van der Waals surface area contributed by atoms with Crippen LogP contribution in [0.4, 0.5) is 5.69 Å². The summed E-state index contributed by atoms with van der Waals surface area (Å²) in [6.07, 6.45) is 1.06. The van der Waals surface area contributed by atoms with Gasteiger partial charge in [-0.3, -0.25) is 9.59 Å². The van der Waals surface area contributed by atoms with Crippen LogP contribution in [0, 0.1) is 0 Å². The van der Waals surface area contributed by atoms with Crippen molar-refractivity contribution in [1.29, 1.82) is 0 Å². The van der Waals surface area contributed by atoms with Crippen LogP contribution in [0.15, 0.2) is 28.6 Å². The van der Waals surface area contributed by atoms with E-state index in [-0.39, 0.29) is 12.9 Å². The molecule has 1 aliphatic rings. The van der Waals surface area contributed by atoms with Gasteiger partial charge in [-0.1, -0.05) is 0 Å². The van der Waals surface area contributed by atoms with E-state index >= 15 is 0 Å². The Labute approximate surface area is 115 Å². The van der Waals surface area contributed by atoms with Crippen molar-refractivity contribution in [2.45, 2.75) is 25.7 Å². The Morgan fingerprint density at radius 1 is 1.58 bits per heavy atom. The number of carbonyl (C=O) groups is 2. The highest BCUT2D eigenvalue weighted by Gasteiger charge is 2.36. The molecule has 1 saturated heterocycles. The maximum Gasteiger partial charge on any atom is 0.228 e. The number of Topliss-reactive ketones (excluding diaryl/α,β-unsaturated/α-hetero) is 1. The molecule has 0 amide bonds. The zero-order valence-corrected chi connectivity index (χ0v) is 11.5. The Hall–Kier alpha value is -1.50. The van der Waals surface area contributed by atoms with E-state index in [1.807, 2.05) is 16.8 Å². The third kappa shape index (κ3) is 3.50. The maximum atomic E-state index is 11.6. The van der Waals surface area contributed by atoms with Gasteiger partial charge in [-0.05, 0) is 25.3 Å². The Bertz CT molecular complexity index is 493. The van der Waals surface area contributed by atoms with E-state index < -0.39 is 17.7 Å². The van der Waals surface area contributed by atoms with Crippen LogP contribution in [0.2, 0.25) is 0 Å². The summed E-state index contributed by atoms with van der Waals surface area (Å²) in [6.45, 7) is 3.66. The largest absolute Gasteiger partial charge is 0.361 e. The van der Waals surface area contributed by atoms with Crippen molar-refractivity contribution in [2.24, 2.45) is 0 Å². The molecule has 0 aliphatic carbocycles. The molecule has 1 N–H and O–H groups in total. The number of carbonyl (C=O) groups excluding carboxylic acids is 2. The number of anilines is 1. The first-order valence-electron chi connectivity index (χ1n) is 5.80. The summed E-state index contributed by atoms with van der Waals surface area (Å²) in [4.78, 5) is 22.3. The fourth-order valence-corrected chi connectivity index (χ4v) is 2.27. The lowest BCUT2D eigenvalue weighted by atomic mass is 10.1. The number of rotatable bonds is 4. The van der Waals surface area contributed by atoms with E-state index in [2.05, 4.69) is 5.32 Å². The van der Waals surface area contributed by atoms with Crippen LogP contribution < -0.4 is 5.32 Å². The molecule has 1 unspecified atom stereocenters. The number of hydrogen-bond acceptors (Lipinski definition) is 6. The Balaban J connectivity index is 2.15. The van der Waals surface area contributed by atoms with Crippen molar-refractivity contribution >= 4 is 29.1 Å². The smallest absolute Gasteiger partial charge is 0.228 e. The van der Waals surface area contributed by atoms with Crippen molar-refractivity contribution in [3.8, 4) is 0 Å². The summed E-state index contributed by atoms with van der Waals surface area (Å²) >= 11 is 1.56. The summed E-state index contributed by atoms with van der Waals surface area (Å²) in [7, 11) is 0. The summed E-state index contributed by atoms with van der Waals surface area (Å²) in [5.74, 6) is -1.47. The Morgan fingerprint density at radius 3 is 3.00 bits per heavy atom. The molecule has 0 spiro atoms. The lowest BCUT2D eigenvalue weighted by Crippen LogP contribution is -2.45. The van der Waals surface area contributed by atoms with Crippen molar-refractivity contribution in [3.63, 3.8) is 0 Å². The molecule has 2 rings (SSSR count). The minimum Gasteiger partial charge on any atom is -0.361 e. The average molecular weight is 281 g/mol. The normalized spacial score (nSPS) is 24.1. The van der Waals surface area contributed by atoms with E-state index in [9.17, 15) is 9.59 Å². The van der Waals surface area contributed by atoms with E-state index in [0.717, 1.165) is 5.69 Å². The second-order valence-corrected chi connectivity index (χ2v) is 5.36. The third-order valence-corrected chi connectivity index (χ3v) is 3.33. The summed E-state index contributed by atoms with van der Waals surface area (Å²) in [5, 5.41) is 6.92. The molecular weight excluding hydrogens is 266 g/mol. The van der Waals surface area contributed by atoms with Crippen LogP contribution in [-0.2, 0) is 19.1 Å².